The SMILES string of the molecule is CCS(=O)(=O)N1CCC[C@](O)(c2cn(C(C)C)nn2)C1. The predicted octanol–water partition coefficient (Wildman–Crippen LogP) is 0.492. The molecule has 1 aliphatic heterocycles. The molecule has 0 aliphatic carbocycles. The van der Waals surface area contributed by atoms with Gasteiger partial charge < -0.3 is 5.11 Å². The van der Waals surface area contributed by atoms with Crippen LogP contribution in [-0.4, -0.2) is 51.7 Å². The molecule has 2 rings (SSSR count). The van der Waals surface area contributed by atoms with E-state index in [1.54, 1.807) is 17.8 Å². The lowest BCUT2D eigenvalue weighted by atomic mass is 9.91. The van der Waals surface area contributed by atoms with Crippen molar-refractivity contribution < 1.29 is 13.5 Å². The molecule has 0 aromatic carbocycles. The van der Waals surface area contributed by atoms with Crippen LogP contribution in [0.25, 0.3) is 0 Å². The molecule has 1 N–H and O–H groups in total. The molecule has 0 spiro atoms. The minimum atomic E-state index is -3.29. The molecule has 1 fully saturated rings. The van der Waals surface area contributed by atoms with Crippen LogP contribution in [0.5, 0.6) is 0 Å². The Bertz CT molecular complexity index is 569. The highest BCUT2D eigenvalue weighted by molar-refractivity contribution is 7.89. The first-order valence-corrected chi connectivity index (χ1v) is 8.52. The van der Waals surface area contributed by atoms with Crippen molar-refractivity contribution in [3.8, 4) is 0 Å². The molecule has 1 aliphatic rings. The van der Waals surface area contributed by atoms with E-state index < -0.39 is 15.6 Å². The van der Waals surface area contributed by atoms with Gasteiger partial charge in [0.2, 0.25) is 10.0 Å². The molecule has 7 nitrogen and oxygen atoms in total. The van der Waals surface area contributed by atoms with Gasteiger partial charge in [-0.2, -0.15) is 4.31 Å². The first kappa shape index (κ1) is 15.4. The summed E-state index contributed by atoms with van der Waals surface area (Å²) in [4.78, 5) is 0. The van der Waals surface area contributed by atoms with E-state index in [4.69, 9.17) is 0 Å². The number of rotatable bonds is 4. The molecule has 1 saturated heterocycles. The van der Waals surface area contributed by atoms with Crippen LogP contribution in [0, 0.1) is 0 Å². The van der Waals surface area contributed by atoms with Gasteiger partial charge in [-0.25, -0.2) is 13.1 Å². The first-order chi connectivity index (χ1) is 9.28. The third-order valence-corrected chi connectivity index (χ3v) is 5.54. The number of piperidine rings is 1. The lowest BCUT2D eigenvalue weighted by Crippen LogP contribution is -2.49. The Kier molecular flexibility index (Phi) is 4.17. The van der Waals surface area contributed by atoms with Gasteiger partial charge in [0.05, 0.1) is 11.9 Å². The molecule has 2 heterocycles. The van der Waals surface area contributed by atoms with Crippen molar-refractivity contribution in [2.45, 2.75) is 45.3 Å². The summed E-state index contributed by atoms with van der Waals surface area (Å²) in [5.41, 5.74) is -0.796. The predicted molar refractivity (Wildman–Crippen MR) is 74.6 cm³/mol. The van der Waals surface area contributed by atoms with E-state index in [2.05, 4.69) is 10.3 Å². The van der Waals surface area contributed by atoms with Gasteiger partial charge in [0.1, 0.15) is 11.3 Å². The van der Waals surface area contributed by atoms with Gasteiger partial charge in [-0.1, -0.05) is 5.21 Å². The van der Waals surface area contributed by atoms with Crippen LogP contribution in [-0.2, 0) is 15.6 Å². The fourth-order valence-corrected chi connectivity index (χ4v) is 3.55. The number of aromatic nitrogens is 3. The molecule has 0 bridgehead atoms. The lowest BCUT2D eigenvalue weighted by Gasteiger charge is -2.36. The van der Waals surface area contributed by atoms with Gasteiger partial charge >= 0.3 is 0 Å². The van der Waals surface area contributed by atoms with Gasteiger partial charge in [-0.15, -0.1) is 5.10 Å². The number of hydrogen-bond donors (Lipinski definition) is 1. The molecule has 1 atom stereocenters. The lowest BCUT2D eigenvalue weighted by molar-refractivity contribution is -0.0161. The Balaban J connectivity index is 2.25. The maximum absolute atomic E-state index is 12.0. The summed E-state index contributed by atoms with van der Waals surface area (Å²) in [6, 6.07) is 0.152. The fourth-order valence-electron chi connectivity index (χ4n) is 2.37. The quantitative estimate of drug-likeness (QED) is 0.874. The molecule has 1 aromatic heterocycles. The van der Waals surface area contributed by atoms with E-state index in [9.17, 15) is 13.5 Å². The van der Waals surface area contributed by atoms with Crippen LogP contribution in [0.2, 0.25) is 0 Å². The van der Waals surface area contributed by atoms with E-state index in [0.29, 0.717) is 25.1 Å². The monoisotopic (exact) mass is 302 g/mol. The topological polar surface area (TPSA) is 88.3 Å². The fraction of sp³-hybridized carbons (Fsp3) is 0.833. The van der Waals surface area contributed by atoms with Crippen molar-refractivity contribution in [3.63, 3.8) is 0 Å². The van der Waals surface area contributed by atoms with Crippen molar-refractivity contribution in [3.05, 3.63) is 11.9 Å². The summed E-state index contributed by atoms with van der Waals surface area (Å²) in [5.74, 6) is 0.0434. The molecule has 0 radical (unpaired) electrons. The average molecular weight is 302 g/mol. The third kappa shape index (κ3) is 2.87. The molecule has 0 saturated carbocycles. The van der Waals surface area contributed by atoms with Gasteiger partial charge in [-0.05, 0) is 33.6 Å². The number of hydrogen-bond acceptors (Lipinski definition) is 5. The smallest absolute Gasteiger partial charge is 0.213 e. The van der Waals surface area contributed by atoms with Crippen LogP contribution in [0.1, 0.15) is 45.3 Å². The molecule has 20 heavy (non-hydrogen) atoms. The Labute approximate surface area is 119 Å². The summed E-state index contributed by atoms with van der Waals surface area (Å²) in [7, 11) is -3.29. The summed E-state index contributed by atoms with van der Waals surface area (Å²) < 4.78 is 26.9. The Morgan fingerprint density at radius 2 is 2.20 bits per heavy atom. The van der Waals surface area contributed by atoms with Crippen molar-refractivity contribution in [1.82, 2.24) is 19.3 Å². The van der Waals surface area contributed by atoms with Crippen LogP contribution >= 0.6 is 0 Å². The maximum atomic E-state index is 12.0. The Hall–Kier alpha value is -0.990. The Morgan fingerprint density at radius 1 is 1.50 bits per heavy atom. The molecule has 0 unspecified atom stereocenters. The minimum absolute atomic E-state index is 0.0434. The highest BCUT2D eigenvalue weighted by atomic mass is 32.2. The van der Waals surface area contributed by atoms with Gasteiger partial charge in [0.25, 0.3) is 0 Å². The minimum Gasteiger partial charge on any atom is -0.382 e. The zero-order valence-corrected chi connectivity index (χ0v) is 13.0. The van der Waals surface area contributed by atoms with E-state index in [0.717, 1.165) is 0 Å². The summed E-state index contributed by atoms with van der Waals surface area (Å²) in [6.45, 7) is 6.06. The highest BCUT2D eigenvalue weighted by Crippen LogP contribution is 2.31. The van der Waals surface area contributed by atoms with Crippen LogP contribution in [0.4, 0.5) is 0 Å². The highest BCUT2D eigenvalue weighted by Gasteiger charge is 2.40. The van der Waals surface area contributed by atoms with Gasteiger partial charge in [0.15, 0.2) is 0 Å². The number of aliphatic hydroxyl groups is 1. The number of β-amino-alcohol motifs (C(OH)–C–C–N with tert-alkyl or cyclic N) is 1. The molecule has 1 aromatic rings. The molecular weight excluding hydrogens is 280 g/mol. The van der Waals surface area contributed by atoms with Crippen LogP contribution < -0.4 is 0 Å². The molecule has 0 amide bonds. The van der Waals surface area contributed by atoms with Crippen LogP contribution in [0.15, 0.2) is 6.20 Å². The molecule has 8 heteroatoms. The van der Waals surface area contributed by atoms with Gasteiger partial charge in [0, 0.05) is 19.1 Å². The standard InChI is InChI=1S/C12H22N4O3S/c1-4-20(18,19)15-7-5-6-12(17,9-15)11-8-16(10(2)3)14-13-11/h8,10,17H,4-7,9H2,1-3H3/t12-/m1/s1. The number of sulfonamides is 1. The zero-order valence-electron chi connectivity index (χ0n) is 12.2. The normalized spacial score (nSPS) is 25.2. The second-order valence-electron chi connectivity index (χ2n) is 5.55. The van der Waals surface area contributed by atoms with Crippen molar-refractivity contribution >= 4 is 10.0 Å². The van der Waals surface area contributed by atoms with E-state index in [1.807, 2.05) is 13.8 Å². The molecular formula is C12H22N4O3S. The number of nitrogens with zero attached hydrogens (tertiary/aromatic N) is 4. The van der Waals surface area contributed by atoms with Crippen molar-refractivity contribution in [2.75, 3.05) is 18.8 Å². The van der Waals surface area contributed by atoms with Crippen molar-refractivity contribution in [2.24, 2.45) is 0 Å². The Morgan fingerprint density at radius 3 is 2.75 bits per heavy atom. The largest absolute Gasteiger partial charge is 0.382 e. The summed E-state index contributed by atoms with van der Waals surface area (Å²) in [6.07, 6.45) is 2.82. The second-order valence-corrected chi connectivity index (χ2v) is 7.80. The van der Waals surface area contributed by atoms with E-state index in [-0.39, 0.29) is 18.3 Å². The molecule has 114 valence electrons. The summed E-state index contributed by atoms with van der Waals surface area (Å²) >= 11 is 0. The van der Waals surface area contributed by atoms with Crippen molar-refractivity contribution in [1.29, 1.82) is 0 Å². The average Bonchev–Trinajstić information content (AvgIpc) is 2.89. The second kappa shape index (κ2) is 5.42. The summed E-state index contributed by atoms with van der Waals surface area (Å²) in [5, 5.41) is 18.7. The maximum Gasteiger partial charge on any atom is 0.213 e. The van der Waals surface area contributed by atoms with Crippen LogP contribution in [0.3, 0.4) is 0 Å². The van der Waals surface area contributed by atoms with Gasteiger partial charge in [-0.3, -0.25) is 0 Å². The van der Waals surface area contributed by atoms with E-state index in [1.165, 1.54) is 4.31 Å². The first-order valence-electron chi connectivity index (χ1n) is 6.91. The third-order valence-electron chi connectivity index (χ3n) is 3.71. The van der Waals surface area contributed by atoms with E-state index >= 15 is 0 Å². The zero-order chi connectivity index (χ0) is 15.0.